The number of nitrogens with zero attached hydrogens (tertiary/aromatic N) is 5. The van der Waals surface area contributed by atoms with E-state index in [1.54, 1.807) is 18.7 Å². The summed E-state index contributed by atoms with van der Waals surface area (Å²) < 4.78 is 1.95. The van der Waals surface area contributed by atoms with E-state index >= 15 is 0 Å². The largest absolute Gasteiger partial charge is 0.349 e. The molecule has 4 rings (SSSR count). The lowest BCUT2D eigenvalue weighted by atomic mass is 10.3. The molecule has 0 radical (unpaired) electrons. The van der Waals surface area contributed by atoms with Crippen LogP contribution in [0.4, 0.5) is 5.95 Å². The molecule has 3 heterocycles. The molecule has 112 valence electrons. The van der Waals surface area contributed by atoms with Crippen molar-refractivity contribution in [1.82, 2.24) is 24.5 Å². The lowest BCUT2D eigenvalue weighted by molar-refractivity contribution is 0.961. The van der Waals surface area contributed by atoms with Crippen LogP contribution in [0.2, 0.25) is 0 Å². The zero-order chi connectivity index (χ0) is 15.5. The van der Waals surface area contributed by atoms with E-state index in [2.05, 4.69) is 25.3 Å². The number of rotatable bonds is 4. The first-order valence-corrected chi connectivity index (χ1v) is 7.29. The van der Waals surface area contributed by atoms with Crippen molar-refractivity contribution in [2.45, 2.75) is 6.54 Å². The Morgan fingerprint density at radius 2 is 1.78 bits per heavy atom. The van der Waals surface area contributed by atoms with Crippen LogP contribution in [0.3, 0.4) is 0 Å². The summed E-state index contributed by atoms with van der Waals surface area (Å²) in [5.74, 6) is 1.34. The molecule has 1 aromatic carbocycles. The molecule has 0 amide bonds. The predicted molar refractivity (Wildman–Crippen MR) is 88.2 cm³/mol. The van der Waals surface area contributed by atoms with E-state index < -0.39 is 0 Å². The molecule has 6 nitrogen and oxygen atoms in total. The zero-order valence-corrected chi connectivity index (χ0v) is 12.3. The fraction of sp³-hybridized carbons (Fsp3) is 0.0588. The molecule has 6 heteroatoms. The molecule has 0 spiro atoms. The smallest absolute Gasteiger partial charge is 0.224 e. The van der Waals surface area contributed by atoms with Crippen molar-refractivity contribution >= 4 is 17.0 Å². The molecule has 3 aromatic heterocycles. The Balaban J connectivity index is 1.61. The van der Waals surface area contributed by atoms with Gasteiger partial charge in [-0.05, 0) is 30.3 Å². The molecular weight excluding hydrogens is 288 g/mol. The molecule has 0 bridgehead atoms. The van der Waals surface area contributed by atoms with Gasteiger partial charge in [-0.3, -0.25) is 9.55 Å². The second kappa shape index (κ2) is 5.84. The van der Waals surface area contributed by atoms with Gasteiger partial charge < -0.3 is 5.32 Å². The van der Waals surface area contributed by atoms with E-state index in [4.69, 9.17) is 0 Å². The van der Waals surface area contributed by atoms with Crippen molar-refractivity contribution in [3.8, 4) is 5.82 Å². The van der Waals surface area contributed by atoms with Crippen LogP contribution in [0.15, 0.2) is 67.3 Å². The molecule has 0 saturated carbocycles. The first-order valence-electron chi connectivity index (χ1n) is 7.29. The van der Waals surface area contributed by atoms with Gasteiger partial charge in [-0.2, -0.15) is 4.98 Å². The highest BCUT2D eigenvalue weighted by Gasteiger charge is 2.06. The Morgan fingerprint density at radius 3 is 2.70 bits per heavy atom. The summed E-state index contributed by atoms with van der Waals surface area (Å²) >= 11 is 0. The Morgan fingerprint density at radius 1 is 0.870 bits per heavy atom. The molecule has 0 atom stereocenters. The average Bonchev–Trinajstić information content (AvgIpc) is 3.05. The molecule has 1 N–H and O–H groups in total. The number of pyridine rings is 1. The number of hydrogen-bond donors (Lipinski definition) is 1. The topological polar surface area (TPSA) is 68.5 Å². The fourth-order valence-corrected chi connectivity index (χ4v) is 2.38. The zero-order valence-electron chi connectivity index (χ0n) is 12.3. The number of anilines is 1. The van der Waals surface area contributed by atoms with E-state index in [-0.39, 0.29) is 0 Å². The van der Waals surface area contributed by atoms with Gasteiger partial charge >= 0.3 is 0 Å². The Bertz CT molecular complexity index is 932. The summed E-state index contributed by atoms with van der Waals surface area (Å²) in [6, 6.07) is 15.6. The number of benzene rings is 1. The molecule has 0 aliphatic rings. The minimum Gasteiger partial charge on any atom is -0.349 e. The van der Waals surface area contributed by atoms with E-state index in [0.29, 0.717) is 12.5 Å². The normalized spacial score (nSPS) is 10.8. The molecule has 0 aliphatic heterocycles. The van der Waals surface area contributed by atoms with Crippen molar-refractivity contribution < 1.29 is 0 Å². The second-order valence-corrected chi connectivity index (χ2v) is 5.02. The molecule has 0 saturated heterocycles. The van der Waals surface area contributed by atoms with E-state index in [1.807, 2.05) is 53.1 Å². The maximum absolute atomic E-state index is 4.55. The minimum absolute atomic E-state index is 0.561. The summed E-state index contributed by atoms with van der Waals surface area (Å²) in [7, 11) is 0. The van der Waals surface area contributed by atoms with E-state index in [0.717, 1.165) is 22.5 Å². The third-order valence-corrected chi connectivity index (χ3v) is 3.50. The summed E-state index contributed by atoms with van der Waals surface area (Å²) in [5.41, 5.74) is 2.89. The first-order chi connectivity index (χ1) is 11.4. The standard InChI is InChI=1S/C17H14N6/c1-2-7-15-14(6-1)21-12-23(15)16-8-10-19-17(22-16)20-11-13-5-3-4-9-18-13/h1-10,12H,11H2,(H,19,20,22). The third kappa shape index (κ3) is 2.74. The monoisotopic (exact) mass is 302 g/mol. The van der Waals surface area contributed by atoms with Gasteiger partial charge in [-0.15, -0.1) is 0 Å². The molecule has 0 unspecified atom stereocenters. The number of imidazole rings is 1. The van der Waals surface area contributed by atoms with Crippen LogP contribution >= 0.6 is 0 Å². The highest BCUT2D eigenvalue weighted by Crippen LogP contribution is 2.16. The molecular formula is C17H14N6. The first kappa shape index (κ1) is 13.4. The quantitative estimate of drug-likeness (QED) is 0.628. The van der Waals surface area contributed by atoms with Crippen LogP contribution in [0.5, 0.6) is 0 Å². The van der Waals surface area contributed by atoms with Crippen molar-refractivity contribution in [3.05, 3.63) is 72.9 Å². The van der Waals surface area contributed by atoms with E-state index in [1.165, 1.54) is 0 Å². The van der Waals surface area contributed by atoms with Crippen molar-refractivity contribution in [2.75, 3.05) is 5.32 Å². The van der Waals surface area contributed by atoms with Crippen LogP contribution in [-0.2, 0) is 6.54 Å². The second-order valence-electron chi connectivity index (χ2n) is 5.02. The number of para-hydroxylation sites is 2. The minimum atomic E-state index is 0.561. The van der Waals surface area contributed by atoms with Crippen molar-refractivity contribution in [3.63, 3.8) is 0 Å². The van der Waals surface area contributed by atoms with Gasteiger partial charge in [-0.25, -0.2) is 9.97 Å². The predicted octanol–water partition coefficient (Wildman–Crippen LogP) is 2.82. The van der Waals surface area contributed by atoms with Crippen LogP contribution in [0.25, 0.3) is 16.9 Å². The van der Waals surface area contributed by atoms with Gasteiger partial charge in [0.2, 0.25) is 5.95 Å². The fourth-order valence-electron chi connectivity index (χ4n) is 2.38. The van der Waals surface area contributed by atoms with Crippen molar-refractivity contribution in [2.24, 2.45) is 0 Å². The van der Waals surface area contributed by atoms with Crippen LogP contribution in [-0.4, -0.2) is 24.5 Å². The lowest BCUT2D eigenvalue weighted by Crippen LogP contribution is -2.06. The highest BCUT2D eigenvalue weighted by atomic mass is 15.2. The molecule has 23 heavy (non-hydrogen) atoms. The van der Waals surface area contributed by atoms with Gasteiger partial charge in [0, 0.05) is 12.4 Å². The van der Waals surface area contributed by atoms with Crippen LogP contribution in [0.1, 0.15) is 5.69 Å². The van der Waals surface area contributed by atoms with Crippen molar-refractivity contribution in [1.29, 1.82) is 0 Å². The third-order valence-electron chi connectivity index (χ3n) is 3.50. The highest BCUT2D eigenvalue weighted by molar-refractivity contribution is 5.76. The summed E-state index contributed by atoms with van der Waals surface area (Å²) in [5, 5.41) is 3.19. The van der Waals surface area contributed by atoms with E-state index in [9.17, 15) is 0 Å². The maximum Gasteiger partial charge on any atom is 0.224 e. The Hall–Kier alpha value is -3.28. The number of nitrogens with one attached hydrogen (secondary N) is 1. The molecule has 4 aromatic rings. The number of hydrogen-bond acceptors (Lipinski definition) is 5. The summed E-state index contributed by atoms with van der Waals surface area (Å²) in [6.45, 7) is 0.578. The summed E-state index contributed by atoms with van der Waals surface area (Å²) in [4.78, 5) is 17.5. The summed E-state index contributed by atoms with van der Waals surface area (Å²) in [6.07, 6.45) is 5.28. The van der Waals surface area contributed by atoms with Crippen LogP contribution in [0, 0.1) is 0 Å². The number of aromatic nitrogens is 5. The van der Waals surface area contributed by atoms with Crippen LogP contribution < -0.4 is 5.32 Å². The lowest BCUT2D eigenvalue weighted by Gasteiger charge is -2.07. The average molecular weight is 302 g/mol. The number of fused-ring (bicyclic) bond motifs is 1. The molecule has 0 aliphatic carbocycles. The SMILES string of the molecule is c1ccc(CNc2nccc(-n3cnc4ccccc43)n2)nc1. The Kier molecular flexibility index (Phi) is 3.40. The Labute approximate surface area is 132 Å². The van der Waals surface area contributed by atoms with Gasteiger partial charge in [0.05, 0.1) is 23.3 Å². The molecule has 0 fully saturated rings. The van der Waals surface area contributed by atoms with Gasteiger partial charge in [0.25, 0.3) is 0 Å². The van der Waals surface area contributed by atoms with Gasteiger partial charge in [-0.1, -0.05) is 18.2 Å². The van der Waals surface area contributed by atoms with Gasteiger partial charge in [0.15, 0.2) is 0 Å². The maximum atomic E-state index is 4.55. The van der Waals surface area contributed by atoms with Gasteiger partial charge in [0.1, 0.15) is 12.1 Å².